The van der Waals surface area contributed by atoms with Crippen LogP contribution in [0.4, 0.5) is 0 Å². The third kappa shape index (κ3) is 9.21. The molecule has 0 saturated heterocycles. The molecule has 0 aromatic carbocycles. The van der Waals surface area contributed by atoms with Crippen molar-refractivity contribution in [1.29, 1.82) is 0 Å². The minimum Gasteiger partial charge on any atom is -0.344 e. The molecule has 12 heavy (non-hydrogen) atoms. The molecule has 0 aliphatic heterocycles. The molecule has 0 aromatic heterocycles. The lowest BCUT2D eigenvalue weighted by Gasteiger charge is -1.93. The number of carbonyl (C=O) groups excluding carboxylic acids is 1. The summed E-state index contributed by atoms with van der Waals surface area (Å²) in [6, 6.07) is 0. The van der Waals surface area contributed by atoms with Gasteiger partial charge in [0.05, 0.1) is 0 Å². The smallest absolute Gasteiger partial charge is 0.309 e. The first kappa shape index (κ1) is 11.2. The number of hydrogen-bond acceptors (Lipinski definition) is 1. The van der Waals surface area contributed by atoms with Gasteiger partial charge in [0.1, 0.15) is 0 Å². The summed E-state index contributed by atoms with van der Waals surface area (Å²) in [6.45, 7) is 2.82. The van der Waals surface area contributed by atoms with Gasteiger partial charge in [-0.05, 0) is 12.8 Å². The fourth-order valence-electron chi connectivity index (χ4n) is 0.991. The van der Waals surface area contributed by atoms with Gasteiger partial charge in [-0.15, -0.1) is 0 Å². The van der Waals surface area contributed by atoms with Gasteiger partial charge in [0.15, 0.2) is 0 Å². The summed E-state index contributed by atoms with van der Waals surface area (Å²) < 4.78 is 0. The Hall–Kier alpha value is -0.790. The molecule has 1 amide bonds. The van der Waals surface area contributed by atoms with E-state index in [0.717, 1.165) is 6.42 Å². The topological polar surface area (TPSA) is 29.1 Å². The molecule has 0 heterocycles. The summed E-state index contributed by atoms with van der Waals surface area (Å²) >= 11 is 0. The SMILES string of the molecule is CCCCCCC=CCN[C]=O. The fraction of sp³-hybridized carbons (Fsp3) is 0.700. The van der Waals surface area contributed by atoms with Gasteiger partial charge < -0.3 is 5.32 Å². The van der Waals surface area contributed by atoms with Gasteiger partial charge in [-0.3, -0.25) is 4.79 Å². The lowest BCUT2D eigenvalue weighted by atomic mass is 10.1. The Bertz CT molecular complexity index is 121. The van der Waals surface area contributed by atoms with Crippen molar-refractivity contribution in [2.24, 2.45) is 0 Å². The first-order valence-corrected chi connectivity index (χ1v) is 4.66. The molecule has 0 atom stereocenters. The number of allylic oxidation sites excluding steroid dienone is 1. The normalized spacial score (nSPS) is 10.4. The predicted octanol–water partition coefficient (Wildman–Crippen LogP) is 2.17. The van der Waals surface area contributed by atoms with Crippen LogP contribution >= 0.6 is 0 Å². The summed E-state index contributed by atoms with van der Waals surface area (Å²) in [7, 11) is 0. The largest absolute Gasteiger partial charge is 0.344 e. The highest BCUT2D eigenvalue weighted by Crippen LogP contribution is 2.02. The molecule has 0 bridgehead atoms. The molecule has 0 aromatic rings. The van der Waals surface area contributed by atoms with Crippen LogP contribution < -0.4 is 5.32 Å². The van der Waals surface area contributed by atoms with Crippen molar-refractivity contribution in [3.05, 3.63) is 12.2 Å². The Labute approximate surface area is 75.0 Å². The van der Waals surface area contributed by atoms with Crippen molar-refractivity contribution >= 4 is 6.41 Å². The molecule has 2 nitrogen and oxygen atoms in total. The first-order chi connectivity index (χ1) is 5.91. The average molecular weight is 168 g/mol. The van der Waals surface area contributed by atoms with Crippen LogP contribution in [0.15, 0.2) is 12.2 Å². The molecule has 0 rings (SSSR count). The van der Waals surface area contributed by atoms with Crippen LogP contribution in [0.1, 0.15) is 39.0 Å². The zero-order chi connectivity index (χ0) is 9.07. The van der Waals surface area contributed by atoms with Crippen LogP contribution in [0.3, 0.4) is 0 Å². The number of hydrogen-bond donors (Lipinski definition) is 1. The minimum atomic E-state index is 0.608. The highest BCUT2D eigenvalue weighted by atomic mass is 16.1. The monoisotopic (exact) mass is 168 g/mol. The molecule has 0 spiro atoms. The number of amides is 1. The van der Waals surface area contributed by atoms with Crippen molar-refractivity contribution < 1.29 is 4.79 Å². The standard InChI is InChI=1S/C10H18NO/c1-2-3-4-5-6-7-8-9-11-10-12/h7-8H,2-6,9H2,1H3,(H,11,12). The van der Waals surface area contributed by atoms with E-state index in [1.54, 1.807) is 6.41 Å². The maximum atomic E-state index is 9.71. The second kappa shape index (κ2) is 10.2. The van der Waals surface area contributed by atoms with Crippen LogP contribution in [0, 0.1) is 0 Å². The minimum absolute atomic E-state index is 0.608. The molecule has 0 fully saturated rings. The fourth-order valence-corrected chi connectivity index (χ4v) is 0.991. The Balaban J connectivity index is 2.97. The summed E-state index contributed by atoms with van der Waals surface area (Å²) in [4.78, 5) is 9.71. The van der Waals surface area contributed by atoms with Gasteiger partial charge in [-0.1, -0.05) is 38.3 Å². The van der Waals surface area contributed by atoms with E-state index < -0.39 is 0 Å². The van der Waals surface area contributed by atoms with Gasteiger partial charge in [-0.25, -0.2) is 0 Å². The van der Waals surface area contributed by atoms with Gasteiger partial charge in [-0.2, -0.15) is 0 Å². The van der Waals surface area contributed by atoms with Gasteiger partial charge in [0, 0.05) is 6.54 Å². The van der Waals surface area contributed by atoms with E-state index in [4.69, 9.17) is 0 Å². The summed E-state index contributed by atoms with van der Waals surface area (Å²) in [5, 5.41) is 2.46. The van der Waals surface area contributed by atoms with Crippen LogP contribution in [0.5, 0.6) is 0 Å². The van der Waals surface area contributed by atoms with E-state index in [1.807, 2.05) is 6.08 Å². The number of rotatable bonds is 8. The molecular formula is C10H18NO. The lowest BCUT2D eigenvalue weighted by molar-refractivity contribution is 0.545. The number of unbranched alkanes of at least 4 members (excludes halogenated alkanes) is 4. The third-order valence-electron chi connectivity index (χ3n) is 1.68. The second-order valence-electron chi connectivity index (χ2n) is 2.80. The van der Waals surface area contributed by atoms with E-state index in [1.165, 1.54) is 25.7 Å². The highest BCUT2D eigenvalue weighted by molar-refractivity contribution is 5.47. The molecule has 1 radical (unpaired) electrons. The highest BCUT2D eigenvalue weighted by Gasteiger charge is 1.83. The summed E-state index contributed by atoms with van der Waals surface area (Å²) in [6.07, 6.45) is 12.0. The lowest BCUT2D eigenvalue weighted by Crippen LogP contribution is -2.09. The van der Waals surface area contributed by atoms with Crippen molar-refractivity contribution in [1.82, 2.24) is 5.32 Å². The maximum absolute atomic E-state index is 9.71. The van der Waals surface area contributed by atoms with Gasteiger partial charge in [0.2, 0.25) is 0 Å². The average Bonchev–Trinajstić information content (AvgIpc) is 2.10. The van der Waals surface area contributed by atoms with Gasteiger partial charge in [0.25, 0.3) is 0 Å². The Morgan fingerprint density at radius 2 is 2.08 bits per heavy atom. The van der Waals surface area contributed by atoms with E-state index in [2.05, 4.69) is 18.3 Å². The third-order valence-corrected chi connectivity index (χ3v) is 1.68. The Kier molecular flexibility index (Phi) is 9.54. The molecule has 0 saturated carbocycles. The second-order valence-corrected chi connectivity index (χ2v) is 2.80. The van der Waals surface area contributed by atoms with E-state index in [0.29, 0.717) is 6.54 Å². The van der Waals surface area contributed by atoms with Crippen LogP contribution in [-0.4, -0.2) is 13.0 Å². The zero-order valence-corrected chi connectivity index (χ0v) is 7.81. The summed E-state index contributed by atoms with van der Waals surface area (Å²) in [5.41, 5.74) is 0. The zero-order valence-electron chi connectivity index (χ0n) is 7.81. The first-order valence-electron chi connectivity index (χ1n) is 4.66. The molecule has 0 aliphatic carbocycles. The van der Waals surface area contributed by atoms with Crippen LogP contribution in [0.25, 0.3) is 0 Å². The van der Waals surface area contributed by atoms with E-state index >= 15 is 0 Å². The van der Waals surface area contributed by atoms with Crippen molar-refractivity contribution in [2.45, 2.75) is 39.0 Å². The van der Waals surface area contributed by atoms with E-state index in [9.17, 15) is 4.79 Å². The van der Waals surface area contributed by atoms with Crippen LogP contribution in [0.2, 0.25) is 0 Å². The molecule has 0 unspecified atom stereocenters. The Morgan fingerprint density at radius 3 is 2.75 bits per heavy atom. The predicted molar refractivity (Wildman–Crippen MR) is 51.6 cm³/mol. The quantitative estimate of drug-likeness (QED) is 0.336. The maximum Gasteiger partial charge on any atom is 0.309 e. The van der Waals surface area contributed by atoms with Crippen molar-refractivity contribution in [3.8, 4) is 0 Å². The van der Waals surface area contributed by atoms with Crippen molar-refractivity contribution in [3.63, 3.8) is 0 Å². The molecule has 2 heteroatoms. The molecular weight excluding hydrogens is 150 g/mol. The van der Waals surface area contributed by atoms with Gasteiger partial charge >= 0.3 is 6.41 Å². The van der Waals surface area contributed by atoms with Crippen LogP contribution in [-0.2, 0) is 4.79 Å². The number of nitrogens with one attached hydrogen (secondary N) is 1. The Morgan fingerprint density at radius 1 is 1.25 bits per heavy atom. The molecule has 69 valence electrons. The van der Waals surface area contributed by atoms with E-state index in [-0.39, 0.29) is 0 Å². The summed E-state index contributed by atoms with van der Waals surface area (Å²) in [5.74, 6) is 0. The molecule has 1 N–H and O–H groups in total. The van der Waals surface area contributed by atoms with Crippen molar-refractivity contribution in [2.75, 3.05) is 6.54 Å². The molecule has 0 aliphatic rings.